The molecule has 0 saturated carbocycles. The summed E-state index contributed by atoms with van der Waals surface area (Å²) in [5, 5.41) is 39.6. The van der Waals surface area contributed by atoms with Crippen molar-refractivity contribution in [2.24, 2.45) is 16.7 Å². The van der Waals surface area contributed by atoms with Gasteiger partial charge in [0.2, 0.25) is 11.7 Å². The lowest BCUT2D eigenvalue weighted by atomic mass is 9.53. The van der Waals surface area contributed by atoms with E-state index in [1.54, 1.807) is 31.2 Å². The number of halogens is 1. The van der Waals surface area contributed by atoms with E-state index in [1.807, 2.05) is 42.5 Å². The van der Waals surface area contributed by atoms with E-state index in [1.165, 1.54) is 0 Å². The topological polar surface area (TPSA) is 114 Å². The highest BCUT2D eigenvalue weighted by Gasteiger charge is 2.79. The van der Waals surface area contributed by atoms with Gasteiger partial charge in [0.05, 0.1) is 24.1 Å². The van der Waals surface area contributed by atoms with Gasteiger partial charge in [0, 0.05) is 17.0 Å². The van der Waals surface area contributed by atoms with Crippen molar-refractivity contribution in [3.05, 3.63) is 70.7 Å². The molecule has 7 heteroatoms. The third-order valence-electron chi connectivity index (χ3n) is 6.29. The second-order valence-electron chi connectivity index (χ2n) is 7.57. The van der Waals surface area contributed by atoms with Gasteiger partial charge >= 0.3 is 0 Å². The first-order valence-corrected chi connectivity index (χ1v) is 9.77. The molecule has 4 rings (SSSR count). The predicted molar refractivity (Wildman–Crippen MR) is 108 cm³/mol. The van der Waals surface area contributed by atoms with Gasteiger partial charge in [0.1, 0.15) is 6.10 Å². The average molecular weight is 417 g/mol. The molecule has 2 aromatic carbocycles. The number of benzene rings is 2. The SMILES string of the molecule is CC1C2(c3ccc(Cl)cc3)OC(=N)C1(C#N)C(C#N)(C#N)C(Cc1ccccc1)O2. The quantitative estimate of drug-likeness (QED) is 0.800. The number of fused-ring (bicyclic) bond motifs is 2. The Morgan fingerprint density at radius 3 is 2.20 bits per heavy atom. The van der Waals surface area contributed by atoms with E-state index in [0.717, 1.165) is 5.56 Å². The summed E-state index contributed by atoms with van der Waals surface area (Å²) in [5.74, 6) is -2.69. The highest BCUT2D eigenvalue weighted by molar-refractivity contribution is 6.30. The Morgan fingerprint density at radius 2 is 1.63 bits per heavy atom. The van der Waals surface area contributed by atoms with Gasteiger partial charge in [-0.05, 0) is 17.7 Å². The van der Waals surface area contributed by atoms with Crippen molar-refractivity contribution in [3.63, 3.8) is 0 Å². The number of ether oxygens (including phenoxy) is 2. The van der Waals surface area contributed by atoms with E-state index in [-0.39, 0.29) is 6.42 Å². The van der Waals surface area contributed by atoms with Crippen LogP contribution in [0.1, 0.15) is 18.1 Å². The fourth-order valence-electron chi connectivity index (χ4n) is 4.67. The van der Waals surface area contributed by atoms with Gasteiger partial charge in [-0.3, -0.25) is 5.41 Å². The van der Waals surface area contributed by atoms with Crippen molar-refractivity contribution in [2.75, 3.05) is 0 Å². The molecule has 2 bridgehead atoms. The van der Waals surface area contributed by atoms with Crippen molar-refractivity contribution in [1.29, 1.82) is 21.2 Å². The van der Waals surface area contributed by atoms with E-state index < -0.39 is 34.5 Å². The van der Waals surface area contributed by atoms with Crippen molar-refractivity contribution < 1.29 is 9.47 Å². The summed E-state index contributed by atoms with van der Waals surface area (Å²) >= 11 is 6.03. The normalized spacial score (nSPS) is 31.1. The second-order valence-corrected chi connectivity index (χ2v) is 8.01. The second kappa shape index (κ2) is 6.85. The average Bonchev–Trinajstić information content (AvgIpc) is 2.92. The molecule has 2 fully saturated rings. The monoisotopic (exact) mass is 416 g/mol. The van der Waals surface area contributed by atoms with E-state index in [9.17, 15) is 15.8 Å². The molecular weight excluding hydrogens is 400 g/mol. The Bertz CT molecular complexity index is 1120. The van der Waals surface area contributed by atoms with Crippen LogP contribution in [0.3, 0.4) is 0 Å². The molecule has 6 nitrogen and oxygen atoms in total. The first-order valence-electron chi connectivity index (χ1n) is 9.40. The molecule has 2 heterocycles. The van der Waals surface area contributed by atoms with Gasteiger partial charge in [0.25, 0.3) is 0 Å². The van der Waals surface area contributed by atoms with Gasteiger partial charge < -0.3 is 9.47 Å². The molecular formula is C23H17ClN4O2. The molecule has 0 radical (unpaired) electrons. The molecule has 4 atom stereocenters. The molecule has 2 saturated heterocycles. The molecule has 0 aliphatic carbocycles. The van der Waals surface area contributed by atoms with Crippen molar-refractivity contribution in [2.45, 2.75) is 25.2 Å². The number of nitrogens with zero attached hydrogens (tertiary/aromatic N) is 3. The Hall–Kier alpha value is -3.37. The minimum atomic E-state index is -1.92. The predicted octanol–water partition coefficient (Wildman–Crippen LogP) is 4.32. The largest absolute Gasteiger partial charge is 0.443 e. The number of hydrogen-bond donors (Lipinski definition) is 1. The molecule has 30 heavy (non-hydrogen) atoms. The van der Waals surface area contributed by atoms with Crippen molar-refractivity contribution in [3.8, 4) is 18.2 Å². The first-order chi connectivity index (χ1) is 14.4. The van der Waals surface area contributed by atoms with Gasteiger partial charge in [-0.25, -0.2) is 0 Å². The lowest BCUT2D eigenvalue weighted by Crippen LogP contribution is -2.61. The van der Waals surface area contributed by atoms with Crippen LogP contribution in [0.25, 0.3) is 0 Å². The zero-order chi connectivity index (χ0) is 21.6. The summed E-state index contributed by atoms with van der Waals surface area (Å²) in [5.41, 5.74) is -2.28. The molecule has 4 unspecified atom stereocenters. The van der Waals surface area contributed by atoms with Crippen LogP contribution in [0.15, 0.2) is 54.6 Å². The lowest BCUT2D eigenvalue weighted by molar-refractivity contribution is -0.284. The van der Waals surface area contributed by atoms with Gasteiger partial charge in [-0.15, -0.1) is 0 Å². The number of rotatable bonds is 3. The summed E-state index contributed by atoms with van der Waals surface area (Å²) in [6.45, 7) is 1.68. The summed E-state index contributed by atoms with van der Waals surface area (Å²) in [4.78, 5) is 0. The van der Waals surface area contributed by atoms with Crippen LogP contribution in [0.4, 0.5) is 0 Å². The smallest absolute Gasteiger partial charge is 0.243 e. The van der Waals surface area contributed by atoms with Crippen molar-refractivity contribution >= 4 is 17.5 Å². The Morgan fingerprint density at radius 1 is 1.00 bits per heavy atom. The molecule has 1 N–H and O–H groups in total. The third kappa shape index (κ3) is 2.34. The summed E-state index contributed by atoms with van der Waals surface area (Å²) in [6, 6.07) is 22.3. The zero-order valence-corrected chi connectivity index (χ0v) is 16.8. The highest BCUT2D eigenvalue weighted by atomic mass is 35.5. The van der Waals surface area contributed by atoms with Gasteiger partial charge in [0.15, 0.2) is 10.8 Å². The maximum atomic E-state index is 10.2. The van der Waals surface area contributed by atoms with E-state index in [4.69, 9.17) is 26.5 Å². The Kier molecular flexibility index (Phi) is 4.55. The molecule has 2 aliphatic rings. The molecule has 0 amide bonds. The molecule has 148 valence electrons. The van der Waals surface area contributed by atoms with Crippen LogP contribution < -0.4 is 0 Å². The fourth-order valence-corrected chi connectivity index (χ4v) is 4.79. The van der Waals surface area contributed by atoms with E-state index in [2.05, 4.69) is 6.07 Å². The first kappa shape index (κ1) is 19.9. The highest BCUT2D eigenvalue weighted by Crippen LogP contribution is 2.65. The summed E-state index contributed by atoms with van der Waals surface area (Å²) in [6.07, 6.45) is -0.784. The zero-order valence-electron chi connectivity index (χ0n) is 16.1. The molecule has 0 aromatic heterocycles. The van der Waals surface area contributed by atoms with Crippen LogP contribution in [0.5, 0.6) is 0 Å². The minimum Gasteiger partial charge on any atom is -0.443 e. The van der Waals surface area contributed by atoms with E-state index >= 15 is 0 Å². The maximum absolute atomic E-state index is 10.2. The Labute approximate surface area is 179 Å². The summed E-state index contributed by atoms with van der Waals surface area (Å²) < 4.78 is 12.3. The summed E-state index contributed by atoms with van der Waals surface area (Å²) in [7, 11) is 0. The molecule has 0 spiro atoms. The molecule has 2 aromatic rings. The van der Waals surface area contributed by atoms with Gasteiger partial charge in [-0.2, -0.15) is 15.8 Å². The number of nitrogens with one attached hydrogen (secondary N) is 1. The maximum Gasteiger partial charge on any atom is 0.243 e. The van der Waals surface area contributed by atoms with Crippen molar-refractivity contribution in [1.82, 2.24) is 0 Å². The molecule has 2 aliphatic heterocycles. The lowest BCUT2D eigenvalue weighted by Gasteiger charge is -2.48. The van der Waals surface area contributed by atoms with Gasteiger partial charge in [-0.1, -0.05) is 61.0 Å². The minimum absolute atomic E-state index is 0.212. The third-order valence-corrected chi connectivity index (χ3v) is 6.55. The standard InChI is InChI=1S/C23H17ClN4O2/c1-15-22(14-27)20(28)30-23(15,17-7-9-18(24)10-8-17)29-19(21(22,12-25)13-26)11-16-5-3-2-4-6-16/h2-10,15,19,28H,11H2,1H3. The van der Waals surface area contributed by atoms with Crippen LogP contribution in [0, 0.1) is 56.2 Å². The van der Waals surface area contributed by atoms with E-state index in [0.29, 0.717) is 10.6 Å². The van der Waals surface area contributed by atoms with Crippen LogP contribution in [0.2, 0.25) is 5.02 Å². The van der Waals surface area contributed by atoms with Crippen LogP contribution in [-0.2, 0) is 21.7 Å². The number of hydrogen-bond acceptors (Lipinski definition) is 6. The Balaban J connectivity index is 1.94. The van der Waals surface area contributed by atoms with Crippen LogP contribution in [-0.4, -0.2) is 12.0 Å². The van der Waals surface area contributed by atoms with Crippen LogP contribution >= 0.6 is 11.6 Å². The fraction of sp³-hybridized carbons (Fsp3) is 0.304. The number of nitriles is 3.